The van der Waals surface area contributed by atoms with Crippen molar-refractivity contribution >= 4 is 27.5 Å². The number of amides is 1. The zero-order valence-electron chi connectivity index (χ0n) is 10.9. The molecule has 7 heteroatoms. The summed E-state index contributed by atoms with van der Waals surface area (Å²) in [5.74, 6) is 1.61. The molecule has 2 saturated carbocycles. The van der Waals surface area contributed by atoms with Crippen LogP contribution in [-0.4, -0.2) is 14.3 Å². The molecule has 0 heterocycles. The summed E-state index contributed by atoms with van der Waals surface area (Å²) in [5.41, 5.74) is 0.906. The van der Waals surface area contributed by atoms with Crippen molar-refractivity contribution in [1.82, 2.24) is 0 Å². The maximum Gasteiger partial charge on any atom is 0.296 e. The third-order valence-electron chi connectivity index (χ3n) is 4.00. The minimum atomic E-state index is -3.80. The average molecular weight is 295 g/mol. The summed E-state index contributed by atoms with van der Waals surface area (Å²) in [5, 5.41) is 7.75. The topological polar surface area (TPSA) is 101 Å². The third-order valence-corrected chi connectivity index (χ3v) is 4.52. The van der Waals surface area contributed by atoms with Crippen LogP contribution in [0.25, 0.3) is 0 Å². The lowest BCUT2D eigenvalue weighted by Crippen LogP contribution is -2.23. The Balaban J connectivity index is 1.65. The standard InChI is InChI=1S/C13H17N3O3S/c14-20(18,19)16-12-3-1-2-11(7-12)15-13(17)10-5-8-4-9(8)6-10/h1-3,7-10,16H,4-6H2,(H,15,17)(H2,14,18,19). The highest BCUT2D eigenvalue weighted by Gasteiger charge is 2.47. The Morgan fingerprint density at radius 3 is 2.45 bits per heavy atom. The van der Waals surface area contributed by atoms with Crippen LogP contribution in [0.5, 0.6) is 0 Å². The van der Waals surface area contributed by atoms with Gasteiger partial charge in [-0.2, -0.15) is 8.42 Å². The average Bonchev–Trinajstić information content (AvgIpc) is 2.94. The monoisotopic (exact) mass is 295 g/mol. The number of fused-ring (bicyclic) bond motifs is 1. The molecular formula is C13H17N3O3S. The summed E-state index contributed by atoms with van der Waals surface area (Å²) in [6.45, 7) is 0. The van der Waals surface area contributed by atoms with E-state index in [1.807, 2.05) is 0 Å². The second kappa shape index (κ2) is 4.75. The molecule has 3 rings (SSSR count). The first kappa shape index (κ1) is 13.4. The van der Waals surface area contributed by atoms with Crippen molar-refractivity contribution in [2.24, 2.45) is 22.9 Å². The minimum Gasteiger partial charge on any atom is -0.326 e. The van der Waals surface area contributed by atoms with E-state index in [9.17, 15) is 13.2 Å². The fraction of sp³-hybridized carbons (Fsp3) is 0.462. The molecule has 6 nitrogen and oxygen atoms in total. The van der Waals surface area contributed by atoms with Crippen LogP contribution in [0.2, 0.25) is 0 Å². The first-order valence-corrected chi connectivity index (χ1v) is 8.17. The molecule has 0 radical (unpaired) electrons. The number of nitrogens with two attached hydrogens (primary N) is 1. The van der Waals surface area contributed by atoms with Crippen LogP contribution in [-0.2, 0) is 15.0 Å². The molecule has 2 atom stereocenters. The summed E-state index contributed by atoms with van der Waals surface area (Å²) in [7, 11) is -3.80. The molecule has 1 aromatic rings. The summed E-state index contributed by atoms with van der Waals surface area (Å²) in [4.78, 5) is 12.1. The summed E-state index contributed by atoms with van der Waals surface area (Å²) < 4.78 is 24.1. The highest BCUT2D eigenvalue weighted by Crippen LogP contribution is 2.54. The fourth-order valence-electron chi connectivity index (χ4n) is 3.00. The van der Waals surface area contributed by atoms with Gasteiger partial charge in [0.2, 0.25) is 5.91 Å². The number of carbonyl (C=O) groups is 1. The van der Waals surface area contributed by atoms with E-state index in [1.165, 1.54) is 6.42 Å². The number of anilines is 2. The number of hydrogen-bond acceptors (Lipinski definition) is 3. The van der Waals surface area contributed by atoms with E-state index >= 15 is 0 Å². The van der Waals surface area contributed by atoms with Crippen LogP contribution in [0.15, 0.2) is 24.3 Å². The van der Waals surface area contributed by atoms with Crippen molar-refractivity contribution in [1.29, 1.82) is 0 Å². The Hall–Kier alpha value is -1.60. The number of carbonyl (C=O) groups excluding carboxylic acids is 1. The van der Waals surface area contributed by atoms with Gasteiger partial charge in [-0.3, -0.25) is 9.52 Å². The van der Waals surface area contributed by atoms with E-state index in [2.05, 4.69) is 10.0 Å². The molecule has 0 saturated heterocycles. The van der Waals surface area contributed by atoms with Crippen molar-refractivity contribution < 1.29 is 13.2 Å². The van der Waals surface area contributed by atoms with Gasteiger partial charge < -0.3 is 5.32 Å². The highest BCUT2D eigenvalue weighted by molar-refractivity contribution is 7.90. The van der Waals surface area contributed by atoms with Crippen molar-refractivity contribution in [3.05, 3.63) is 24.3 Å². The second-order valence-electron chi connectivity index (χ2n) is 5.64. The van der Waals surface area contributed by atoms with E-state index in [4.69, 9.17) is 5.14 Å². The molecule has 108 valence electrons. The Labute approximate surface area is 117 Å². The van der Waals surface area contributed by atoms with E-state index < -0.39 is 10.2 Å². The first-order valence-electron chi connectivity index (χ1n) is 6.62. The Morgan fingerprint density at radius 1 is 1.15 bits per heavy atom. The molecule has 2 aliphatic rings. The summed E-state index contributed by atoms with van der Waals surface area (Å²) in [6, 6.07) is 6.51. The summed E-state index contributed by atoms with van der Waals surface area (Å²) >= 11 is 0. The Kier molecular flexibility index (Phi) is 3.18. The van der Waals surface area contributed by atoms with Gasteiger partial charge in [0.15, 0.2) is 0 Å². The van der Waals surface area contributed by atoms with Gasteiger partial charge in [-0.15, -0.1) is 0 Å². The van der Waals surface area contributed by atoms with Crippen molar-refractivity contribution in [3.8, 4) is 0 Å². The molecule has 0 aliphatic heterocycles. The van der Waals surface area contributed by atoms with Crippen LogP contribution < -0.4 is 15.2 Å². The quantitative estimate of drug-likeness (QED) is 0.780. The van der Waals surface area contributed by atoms with Gasteiger partial charge in [-0.05, 0) is 49.3 Å². The summed E-state index contributed by atoms with van der Waals surface area (Å²) in [6.07, 6.45) is 3.23. The smallest absolute Gasteiger partial charge is 0.296 e. The largest absolute Gasteiger partial charge is 0.326 e. The molecule has 2 fully saturated rings. The normalized spacial score (nSPS) is 27.8. The van der Waals surface area contributed by atoms with Crippen molar-refractivity contribution in [2.45, 2.75) is 19.3 Å². The lowest BCUT2D eigenvalue weighted by atomic mass is 10.0. The van der Waals surface area contributed by atoms with E-state index in [0.29, 0.717) is 11.4 Å². The molecule has 1 amide bonds. The molecule has 2 unspecified atom stereocenters. The van der Waals surface area contributed by atoms with Gasteiger partial charge in [-0.1, -0.05) is 6.07 Å². The molecule has 0 bridgehead atoms. The molecule has 2 aliphatic carbocycles. The second-order valence-corrected chi connectivity index (χ2v) is 6.94. The number of rotatable bonds is 4. The number of benzene rings is 1. The zero-order valence-corrected chi connectivity index (χ0v) is 11.7. The van der Waals surface area contributed by atoms with Crippen LogP contribution in [0, 0.1) is 17.8 Å². The maximum atomic E-state index is 12.1. The Morgan fingerprint density at radius 2 is 1.80 bits per heavy atom. The van der Waals surface area contributed by atoms with Crippen LogP contribution in [0.4, 0.5) is 11.4 Å². The van der Waals surface area contributed by atoms with Crippen LogP contribution >= 0.6 is 0 Å². The highest BCUT2D eigenvalue weighted by atomic mass is 32.2. The van der Waals surface area contributed by atoms with Gasteiger partial charge in [-0.25, -0.2) is 5.14 Å². The van der Waals surface area contributed by atoms with Gasteiger partial charge in [0.1, 0.15) is 0 Å². The molecule has 0 spiro atoms. The fourth-order valence-corrected chi connectivity index (χ4v) is 3.45. The van der Waals surface area contributed by atoms with E-state index in [1.54, 1.807) is 24.3 Å². The van der Waals surface area contributed by atoms with E-state index in [0.717, 1.165) is 24.7 Å². The van der Waals surface area contributed by atoms with Crippen LogP contribution in [0.1, 0.15) is 19.3 Å². The zero-order chi connectivity index (χ0) is 14.3. The first-order chi connectivity index (χ1) is 9.40. The predicted molar refractivity (Wildman–Crippen MR) is 76.1 cm³/mol. The van der Waals surface area contributed by atoms with Gasteiger partial charge >= 0.3 is 0 Å². The maximum absolute atomic E-state index is 12.1. The van der Waals surface area contributed by atoms with Crippen LogP contribution in [0.3, 0.4) is 0 Å². The lowest BCUT2D eigenvalue weighted by molar-refractivity contribution is -0.120. The molecule has 20 heavy (non-hydrogen) atoms. The lowest BCUT2D eigenvalue weighted by Gasteiger charge is -2.13. The molecule has 1 aromatic carbocycles. The van der Waals surface area contributed by atoms with Crippen molar-refractivity contribution in [3.63, 3.8) is 0 Å². The number of nitrogens with one attached hydrogen (secondary N) is 2. The number of hydrogen-bond donors (Lipinski definition) is 3. The third kappa shape index (κ3) is 3.10. The predicted octanol–water partition coefficient (Wildman–Crippen LogP) is 1.29. The van der Waals surface area contributed by atoms with Gasteiger partial charge in [0.25, 0.3) is 10.2 Å². The van der Waals surface area contributed by atoms with Crippen molar-refractivity contribution in [2.75, 3.05) is 10.0 Å². The molecule has 0 aromatic heterocycles. The minimum absolute atomic E-state index is 0.0185. The Bertz CT molecular complexity index is 634. The van der Waals surface area contributed by atoms with E-state index in [-0.39, 0.29) is 11.8 Å². The SMILES string of the molecule is NS(=O)(=O)Nc1cccc(NC(=O)C2CC3CC3C2)c1. The molecular weight excluding hydrogens is 278 g/mol. The van der Waals surface area contributed by atoms with Gasteiger partial charge in [0.05, 0.1) is 5.69 Å². The van der Waals surface area contributed by atoms with Gasteiger partial charge in [0, 0.05) is 11.6 Å². The molecule has 4 N–H and O–H groups in total.